The summed E-state index contributed by atoms with van der Waals surface area (Å²) in [6, 6.07) is 20.4. The van der Waals surface area contributed by atoms with E-state index >= 15 is 0 Å². The first-order valence-corrected chi connectivity index (χ1v) is 6.07. The van der Waals surface area contributed by atoms with E-state index < -0.39 is 0 Å². The Kier molecular flexibility index (Phi) is 3.31. The molecule has 90 valence electrons. The van der Waals surface area contributed by atoms with Gasteiger partial charge in [0, 0.05) is 0 Å². The fourth-order valence-corrected chi connectivity index (χ4v) is 1.95. The number of benzene rings is 2. The van der Waals surface area contributed by atoms with Gasteiger partial charge in [-0.2, -0.15) is 0 Å². The molecule has 2 aromatic carbocycles. The van der Waals surface area contributed by atoms with Crippen LogP contribution in [0.2, 0.25) is 0 Å². The maximum absolute atomic E-state index is 8.35. The average Bonchev–Trinajstić information content (AvgIpc) is 2.48. The third-order valence-electron chi connectivity index (χ3n) is 2.79. The van der Waals surface area contributed by atoms with Gasteiger partial charge in [0.1, 0.15) is 0 Å². The van der Waals surface area contributed by atoms with Crippen molar-refractivity contribution in [1.82, 2.24) is 0 Å². The molecule has 0 heterocycles. The van der Waals surface area contributed by atoms with Crippen molar-refractivity contribution in [2.75, 3.05) is 0 Å². The quantitative estimate of drug-likeness (QED) is 0.643. The van der Waals surface area contributed by atoms with Crippen LogP contribution in [0.4, 0.5) is 0 Å². The van der Waals surface area contributed by atoms with Crippen molar-refractivity contribution in [1.29, 1.82) is 0 Å². The first-order valence-electron chi connectivity index (χ1n) is 7.07. The summed E-state index contributed by atoms with van der Waals surface area (Å²) in [5, 5.41) is 0. The van der Waals surface area contributed by atoms with Crippen LogP contribution in [0.15, 0.2) is 72.3 Å². The number of hydrogen-bond acceptors (Lipinski definition) is 0. The Hall–Kier alpha value is -2.08. The lowest BCUT2D eigenvalue weighted by molar-refractivity contribution is 1.49. The normalized spacial score (nSPS) is 15.2. The van der Waals surface area contributed by atoms with Crippen molar-refractivity contribution in [3.05, 3.63) is 83.4 Å². The van der Waals surface area contributed by atoms with Crippen molar-refractivity contribution in [2.45, 2.75) is 13.8 Å². The van der Waals surface area contributed by atoms with Crippen LogP contribution >= 0.6 is 0 Å². The van der Waals surface area contributed by atoms with Gasteiger partial charge in [0.2, 0.25) is 0 Å². The van der Waals surface area contributed by atoms with Crippen LogP contribution in [0.1, 0.15) is 27.7 Å². The standard InChI is InChI=1S/C18H18/c1-3-18(17-12-8-5-9-13-17)15(2)14-16-10-6-4-7-11-16/h3-14H,1-2H3/i3D,14D. The molecule has 0 saturated carbocycles. The Morgan fingerprint density at radius 3 is 2.06 bits per heavy atom. The molecule has 0 fully saturated rings. The van der Waals surface area contributed by atoms with E-state index in [4.69, 9.17) is 2.74 Å². The molecule has 18 heavy (non-hydrogen) atoms. The van der Waals surface area contributed by atoms with Gasteiger partial charge in [-0.25, -0.2) is 0 Å². The van der Waals surface area contributed by atoms with Gasteiger partial charge < -0.3 is 0 Å². The molecule has 0 radical (unpaired) electrons. The lowest BCUT2D eigenvalue weighted by Gasteiger charge is -2.08. The average molecular weight is 236 g/mol. The minimum absolute atomic E-state index is 0.469. The van der Waals surface area contributed by atoms with E-state index in [2.05, 4.69) is 0 Å². The highest BCUT2D eigenvalue weighted by atomic mass is 14.1. The minimum atomic E-state index is 0.469. The minimum Gasteiger partial charge on any atom is -0.0795 e. The second-order valence-corrected chi connectivity index (χ2v) is 4.11. The lowest BCUT2D eigenvalue weighted by Crippen LogP contribution is -1.86. The second-order valence-electron chi connectivity index (χ2n) is 4.11. The summed E-state index contributed by atoms with van der Waals surface area (Å²) in [4.78, 5) is 0. The molecule has 2 aromatic rings. The van der Waals surface area contributed by atoms with Crippen LogP contribution in [0.25, 0.3) is 11.6 Å². The Morgan fingerprint density at radius 2 is 1.50 bits per heavy atom. The highest BCUT2D eigenvalue weighted by Crippen LogP contribution is 2.24. The molecule has 0 unspecified atom stereocenters. The topological polar surface area (TPSA) is 0 Å². The Labute approximate surface area is 112 Å². The van der Waals surface area contributed by atoms with Gasteiger partial charge in [-0.05, 0) is 36.1 Å². The van der Waals surface area contributed by atoms with Gasteiger partial charge in [-0.1, -0.05) is 72.8 Å². The van der Waals surface area contributed by atoms with Gasteiger partial charge in [-0.3, -0.25) is 0 Å². The maximum Gasteiger partial charge on any atom is 0.0632 e. The number of rotatable bonds is 3. The SMILES string of the molecule is [2H]C(C)=C(C(C)=C([2H])c1ccccc1)c1ccccc1. The van der Waals surface area contributed by atoms with Crippen LogP contribution in [0, 0.1) is 0 Å². The molecule has 0 aliphatic heterocycles. The molecule has 0 spiro atoms. The van der Waals surface area contributed by atoms with Crippen molar-refractivity contribution < 1.29 is 2.74 Å². The van der Waals surface area contributed by atoms with Gasteiger partial charge in [0.25, 0.3) is 0 Å². The molecule has 0 aliphatic carbocycles. The molecule has 0 nitrogen and oxygen atoms in total. The van der Waals surface area contributed by atoms with E-state index in [0.29, 0.717) is 12.1 Å². The molecule has 0 aliphatic rings. The zero-order chi connectivity index (χ0) is 14.5. The Morgan fingerprint density at radius 1 is 0.944 bits per heavy atom. The predicted molar refractivity (Wildman–Crippen MR) is 80.2 cm³/mol. The molecule has 0 bridgehead atoms. The molecule has 2 rings (SSSR count). The van der Waals surface area contributed by atoms with Crippen LogP contribution in [-0.2, 0) is 0 Å². The molecular formula is C18H18. The third-order valence-corrected chi connectivity index (χ3v) is 2.79. The number of hydrogen-bond donors (Lipinski definition) is 0. The van der Waals surface area contributed by atoms with Crippen molar-refractivity contribution in [2.24, 2.45) is 0 Å². The summed E-state index contributed by atoms with van der Waals surface area (Å²) < 4.78 is 16.4. The summed E-state index contributed by atoms with van der Waals surface area (Å²) in [6.45, 7) is 3.68. The summed E-state index contributed by atoms with van der Waals surface area (Å²) in [5.74, 6) is 0. The van der Waals surface area contributed by atoms with Gasteiger partial charge in [-0.15, -0.1) is 0 Å². The van der Waals surface area contributed by atoms with Crippen molar-refractivity contribution in [3.63, 3.8) is 0 Å². The van der Waals surface area contributed by atoms with Gasteiger partial charge in [0.15, 0.2) is 0 Å². The Balaban J connectivity index is 2.54. The molecule has 0 aromatic heterocycles. The van der Waals surface area contributed by atoms with Crippen molar-refractivity contribution in [3.8, 4) is 0 Å². The zero-order valence-corrected chi connectivity index (χ0v) is 10.8. The number of allylic oxidation sites excluding steroid dienone is 3. The predicted octanol–water partition coefficient (Wildman–Crippen LogP) is 5.19. The third kappa shape index (κ3) is 2.98. The fraction of sp³-hybridized carbons (Fsp3) is 0.111. The van der Waals surface area contributed by atoms with E-state index in [-0.39, 0.29) is 0 Å². The van der Waals surface area contributed by atoms with E-state index in [0.717, 1.165) is 22.3 Å². The van der Waals surface area contributed by atoms with Crippen LogP contribution < -0.4 is 0 Å². The monoisotopic (exact) mass is 236 g/mol. The highest BCUT2D eigenvalue weighted by Gasteiger charge is 2.02. The van der Waals surface area contributed by atoms with E-state index in [1.54, 1.807) is 6.92 Å². The van der Waals surface area contributed by atoms with Crippen LogP contribution in [0.5, 0.6) is 0 Å². The van der Waals surface area contributed by atoms with Crippen molar-refractivity contribution >= 4 is 11.6 Å². The molecule has 0 amide bonds. The molecule has 0 saturated heterocycles. The zero-order valence-electron chi connectivity index (χ0n) is 12.8. The highest BCUT2D eigenvalue weighted by molar-refractivity contribution is 5.83. The first-order chi connectivity index (χ1) is 9.61. The summed E-state index contributed by atoms with van der Waals surface area (Å²) in [6.07, 6.45) is 0. The molecular weight excluding hydrogens is 216 g/mol. The fourth-order valence-electron chi connectivity index (χ4n) is 1.95. The maximum atomic E-state index is 8.35. The van der Waals surface area contributed by atoms with E-state index in [1.807, 2.05) is 67.6 Å². The lowest BCUT2D eigenvalue weighted by atomic mass is 9.97. The Bertz CT molecular complexity index is 634. The van der Waals surface area contributed by atoms with E-state index in [9.17, 15) is 0 Å². The smallest absolute Gasteiger partial charge is 0.0632 e. The summed E-state index contributed by atoms with van der Waals surface area (Å²) >= 11 is 0. The van der Waals surface area contributed by atoms with Gasteiger partial charge in [0.05, 0.1) is 2.74 Å². The largest absolute Gasteiger partial charge is 0.0795 e. The van der Waals surface area contributed by atoms with Crippen LogP contribution in [0.3, 0.4) is 0 Å². The first kappa shape index (κ1) is 9.90. The van der Waals surface area contributed by atoms with Gasteiger partial charge >= 0.3 is 0 Å². The molecule has 0 atom stereocenters. The van der Waals surface area contributed by atoms with E-state index in [1.165, 1.54) is 0 Å². The van der Waals surface area contributed by atoms with Crippen LogP contribution in [-0.4, -0.2) is 0 Å². The molecule has 0 heteroatoms. The molecule has 0 N–H and O–H groups in total. The summed E-state index contributed by atoms with van der Waals surface area (Å²) in [7, 11) is 0. The summed E-state index contributed by atoms with van der Waals surface area (Å²) in [5.41, 5.74) is 3.52. The second kappa shape index (κ2) is 6.02.